The van der Waals surface area contributed by atoms with Crippen LogP contribution in [-0.4, -0.2) is 80.7 Å². The number of hydrogen-bond donors (Lipinski definition) is 3. The summed E-state index contributed by atoms with van der Waals surface area (Å²) in [5, 5.41) is 37.0. The number of aliphatic hydroxyl groups is 3. The number of carbonyl (C=O) groups is 1. The molecule has 0 unspecified atom stereocenters. The van der Waals surface area contributed by atoms with Crippen LogP contribution in [0.5, 0.6) is 0 Å². The van der Waals surface area contributed by atoms with E-state index >= 15 is 0 Å². The molecule has 4 aliphatic heterocycles. The zero-order chi connectivity index (χ0) is 32.4. The smallest absolute Gasteiger partial charge is 0.338 e. The van der Waals surface area contributed by atoms with Crippen LogP contribution in [0.4, 0.5) is 0 Å². The molecule has 4 saturated heterocycles. The zero-order valence-electron chi connectivity index (χ0n) is 27.5. The highest BCUT2D eigenvalue weighted by Crippen LogP contribution is 2.75. The first-order chi connectivity index (χ1) is 21.9. The van der Waals surface area contributed by atoms with Gasteiger partial charge in [-0.3, -0.25) is 0 Å². The molecular formula is C37H50O9. The summed E-state index contributed by atoms with van der Waals surface area (Å²) in [6.07, 6.45) is 3.37. The fourth-order valence-corrected chi connectivity index (χ4v) is 11.6. The average molecular weight is 639 g/mol. The van der Waals surface area contributed by atoms with Crippen molar-refractivity contribution in [2.45, 2.75) is 132 Å². The van der Waals surface area contributed by atoms with Crippen LogP contribution in [0.15, 0.2) is 42.5 Å². The van der Waals surface area contributed by atoms with Crippen LogP contribution in [0.1, 0.15) is 89.4 Å². The number of epoxide rings is 1. The molecule has 1 aromatic carbocycles. The number of ether oxygens (including phenoxy) is 5. The highest BCUT2D eigenvalue weighted by atomic mass is 16.9. The summed E-state index contributed by atoms with van der Waals surface area (Å²) in [4.78, 5) is 13.7. The SMILES string of the molecule is C=C(C)[C@]12C[C@@H](C)[C@@]34O[C@@]5(CCCCCCC[C@H](C)[C@H]6[C@H](C)[C@H](OC(=O)c7ccccc7)[C@@](O)([C@H](O)[C@@]7(CO)O[C@H]7[C@H]3[C@H]1O5)[C@@H]64)O2. The second-order valence-corrected chi connectivity index (χ2v) is 15.9. The Kier molecular flexibility index (Phi) is 7.06. The molecule has 8 rings (SSSR count). The Labute approximate surface area is 271 Å². The van der Waals surface area contributed by atoms with E-state index in [-0.39, 0.29) is 23.7 Å². The Morgan fingerprint density at radius 3 is 2.46 bits per heavy atom. The lowest BCUT2D eigenvalue weighted by Gasteiger charge is -2.61. The lowest BCUT2D eigenvalue weighted by molar-refractivity contribution is -0.437. The molecule has 0 amide bonds. The van der Waals surface area contributed by atoms with Gasteiger partial charge < -0.3 is 39.0 Å². The van der Waals surface area contributed by atoms with E-state index in [0.717, 1.165) is 44.1 Å². The molecule has 3 N–H and O–H groups in total. The molecule has 4 heterocycles. The molecule has 1 aromatic rings. The van der Waals surface area contributed by atoms with Crippen LogP contribution in [0.25, 0.3) is 0 Å². The Bertz CT molecular complexity index is 1400. The minimum Gasteiger partial charge on any atom is -0.455 e. The van der Waals surface area contributed by atoms with Crippen molar-refractivity contribution in [1.82, 2.24) is 0 Å². The van der Waals surface area contributed by atoms with E-state index in [9.17, 15) is 20.1 Å². The lowest BCUT2D eigenvalue weighted by atomic mass is 9.52. The minimum atomic E-state index is -2.00. The molecule has 7 fully saturated rings. The monoisotopic (exact) mass is 638 g/mol. The van der Waals surface area contributed by atoms with Crippen molar-refractivity contribution in [3.8, 4) is 0 Å². The summed E-state index contributed by atoms with van der Waals surface area (Å²) in [6, 6.07) is 8.76. The zero-order valence-corrected chi connectivity index (χ0v) is 27.5. The average Bonchev–Trinajstić information content (AvgIpc) is 3.67. The molecule has 9 heteroatoms. The number of fused-ring (bicyclic) bond motifs is 1. The van der Waals surface area contributed by atoms with Gasteiger partial charge in [-0.15, -0.1) is 0 Å². The van der Waals surface area contributed by atoms with Gasteiger partial charge in [-0.2, -0.15) is 0 Å². The van der Waals surface area contributed by atoms with E-state index in [4.69, 9.17) is 23.7 Å². The molecule has 0 aromatic heterocycles. The molecule has 15 atom stereocenters. The molecule has 0 radical (unpaired) electrons. The first-order valence-electron chi connectivity index (χ1n) is 17.6. The van der Waals surface area contributed by atoms with Gasteiger partial charge in [-0.1, -0.05) is 77.7 Å². The summed E-state index contributed by atoms with van der Waals surface area (Å²) < 4.78 is 34.2. The van der Waals surface area contributed by atoms with E-state index in [2.05, 4.69) is 20.4 Å². The predicted octanol–water partition coefficient (Wildman–Crippen LogP) is 4.52. The molecule has 3 aliphatic carbocycles. The van der Waals surface area contributed by atoms with Crippen molar-refractivity contribution in [2.75, 3.05) is 6.61 Å². The van der Waals surface area contributed by atoms with E-state index in [0.29, 0.717) is 18.4 Å². The van der Waals surface area contributed by atoms with Gasteiger partial charge in [0.25, 0.3) is 5.97 Å². The maximum Gasteiger partial charge on any atom is 0.338 e. The second kappa shape index (κ2) is 10.3. The first-order valence-corrected chi connectivity index (χ1v) is 17.6. The van der Waals surface area contributed by atoms with E-state index < -0.39 is 77.2 Å². The third kappa shape index (κ3) is 3.79. The summed E-state index contributed by atoms with van der Waals surface area (Å²) in [5.74, 6) is -3.61. The van der Waals surface area contributed by atoms with Gasteiger partial charge in [-0.05, 0) is 61.1 Å². The van der Waals surface area contributed by atoms with Crippen molar-refractivity contribution in [1.29, 1.82) is 0 Å². The number of aliphatic hydroxyl groups excluding tert-OH is 2. The fourth-order valence-electron chi connectivity index (χ4n) is 11.6. The van der Waals surface area contributed by atoms with E-state index in [1.54, 1.807) is 24.3 Å². The number of esters is 1. The van der Waals surface area contributed by atoms with Crippen molar-refractivity contribution in [2.24, 2.45) is 35.5 Å². The minimum absolute atomic E-state index is 0.122. The molecule has 252 valence electrons. The fraction of sp³-hybridized carbons (Fsp3) is 0.757. The molecular weight excluding hydrogens is 588 g/mol. The molecule has 9 nitrogen and oxygen atoms in total. The van der Waals surface area contributed by atoms with Gasteiger partial charge in [0, 0.05) is 18.3 Å². The van der Waals surface area contributed by atoms with Crippen LogP contribution in [0.3, 0.4) is 0 Å². The van der Waals surface area contributed by atoms with Crippen LogP contribution < -0.4 is 0 Å². The Morgan fingerprint density at radius 2 is 1.74 bits per heavy atom. The quantitative estimate of drug-likeness (QED) is 0.248. The van der Waals surface area contributed by atoms with Crippen LogP contribution in [0.2, 0.25) is 0 Å². The summed E-state index contributed by atoms with van der Waals surface area (Å²) in [7, 11) is 0. The van der Waals surface area contributed by atoms with Gasteiger partial charge in [0.1, 0.15) is 41.2 Å². The van der Waals surface area contributed by atoms with Gasteiger partial charge in [0.05, 0.1) is 17.8 Å². The van der Waals surface area contributed by atoms with Gasteiger partial charge in [0.2, 0.25) is 0 Å². The third-order valence-corrected chi connectivity index (χ3v) is 13.6. The predicted molar refractivity (Wildman–Crippen MR) is 166 cm³/mol. The summed E-state index contributed by atoms with van der Waals surface area (Å²) in [5.41, 5.74) is -4.16. The molecule has 46 heavy (non-hydrogen) atoms. The first kappa shape index (κ1) is 31.4. The molecule has 3 saturated carbocycles. The Hall–Kier alpha value is -1.85. The highest BCUT2D eigenvalue weighted by Gasteiger charge is 2.90. The standard InChI is InChI=1S/C37H50O9/c1-20(2)33-18-22(4)37-26-29(33)44-35(45-33,46-37)17-13-8-6-7-10-14-21(3)25-23(5)28(42-31(39)24-15-11-9-12-16-24)36(41,27(25)37)32(40)34(19-38)30(26)43-34/h9,11-12,15-16,21-23,25-30,32,38,40-41H,1,6-8,10,13-14,17-19H2,2-5H3/t21-,22+,23-,25-,26+,27+,28-,29+,30-,32+,33+,34-,35+,36+,37+/m0/s1. The van der Waals surface area contributed by atoms with Crippen LogP contribution in [0, 0.1) is 35.5 Å². The Morgan fingerprint density at radius 1 is 1.02 bits per heavy atom. The molecule has 7 aliphatic rings. The van der Waals surface area contributed by atoms with Crippen molar-refractivity contribution in [3.05, 3.63) is 48.0 Å². The van der Waals surface area contributed by atoms with E-state index in [1.807, 2.05) is 19.9 Å². The number of carbonyl (C=O) groups excluding carboxylic acids is 1. The lowest BCUT2D eigenvalue weighted by Crippen LogP contribution is -2.73. The maximum absolute atomic E-state index is 13.7. The summed E-state index contributed by atoms with van der Waals surface area (Å²) >= 11 is 0. The van der Waals surface area contributed by atoms with Crippen molar-refractivity contribution in [3.63, 3.8) is 0 Å². The molecule has 3 bridgehead atoms. The van der Waals surface area contributed by atoms with E-state index in [1.165, 1.54) is 0 Å². The normalized spacial score (nSPS) is 53.6. The highest BCUT2D eigenvalue weighted by molar-refractivity contribution is 5.89. The second-order valence-electron chi connectivity index (χ2n) is 15.9. The number of rotatable bonds is 4. The maximum atomic E-state index is 13.7. The van der Waals surface area contributed by atoms with Crippen molar-refractivity contribution < 1.29 is 43.8 Å². The van der Waals surface area contributed by atoms with Gasteiger partial charge in [-0.25, -0.2) is 4.79 Å². The number of hydrogen-bond acceptors (Lipinski definition) is 9. The largest absolute Gasteiger partial charge is 0.455 e. The van der Waals surface area contributed by atoms with Crippen molar-refractivity contribution >= 4 is 5.97 Å². The third-order valence-electron chi connectivity index (χ3n) is 13.6. The number of benzene rings is 1. The molecule has 2 spiro atoms. The van der Waals surface area contributed by atoms with Gasteiger partial charge in [0.15, 0.2) is 0 Å². The van der Waals surface area contributed by atoms with Crippen LogP contribution in [-0.2, 0) is 23.7 Å². The summed E-state index contributed by atoms with van der Waals surface area (Å²) in [6.45, 7) is 12.3. The van der Waals surface area contributed by atoms with Gasteiger partial charge >= 0.3 is 5.97 Å². The Balaban J connectivity index is 1.36. The van der Waals surface area contributed by atoms with Crippen LogP contribution >= 0.6 is 0 Å². The topological polar surface area (TPSA) is 127 Å².